The standard InChI is InChI=1S/C20H15F2N3OS/c1-2-16-10-19(26-18-7-6-15(21)9-17(18)22)25-20(24-16)27-12-14-5-3-4-13(8-14)11-23/h3-10H,2,12H2,1H3. The molecule has 3 aromatic rings. The molecule has 0 saturated carbocycles. The molecule has 0 fully saturated rings. The molecule has 0 aliphatic carbocycles. The highest BCUT2D eigenvalue weighted by Crippen LogP contribution is 2.27. The summed E-state index contributed by atoms with van der Waals surface area (Å²) in [6, 6.07) is 14.1. The van der Waals surface area contributed by atoms with Gasteiger partial charge in [-0.1, -0.05) is 30.8 Å². The first-order chi connectivity index (χ1) is 13.1. The number of hydrogen-bond donors (Lipinski definition) is 0. The zero-order valence-corrected chi connectivity index (χ0v) is 15.3. The highest BCUT2D eigenvalue weighted by atomic mass is 32.2. The summed E-state index contributed by atoms with van der Waals surface area (Å²) in [5, 5.41) is 9.46. The van der Waals surface area contributed by atoms with Crippen LogP contribution in [0.3, 0.4) is 0 Å². The quantitative estimate of drug-likeness (QED) is 0.428. The Morgan fingerprint density at radius 1 is 1.11 bits per heavy atom. The number of rotatable bonds is 6. The van der Waals surface area contributed by atoms with Gasteiger partial charge in [0.25, 0.3) is 0 Å². The van der Waals surface area contributed by atoms with Crippen molar-refractivity contribution in [3.63, 3.8) is 0 Å². The Labute approximate surface area is 159 Å². The number of aryl methyl sites for hydroxylation is 1. The molecule has 1 heterocycles. The maximum atomic E-state index is 13.8. The van der Waals surface area contributed by atoms with E-state index < -0.39 is 11.6 Å². The molecular formula is C20H15F2N3OS. The van der Waals surface area contributed by atoms with Gasteiger partial charge in [-0.15, -0.1) is 0 Å². The topological polar surface area (TPSA) is 58.8 Å². The molecule has 27 heavy (non-hydrogen) atoms. The lowest BCUT2D eigenvalue weighted by Gasteiger charge is -2.09. The van der Waals surface area contributed by atoms with Gasteiger partial charge in [0, 0.05) is 23.6 Å². The largest absolute Gasteiger partial charge is 0.436 e. The van der Waals surface area contributed by atoms with Crippen LogP contribution in [0.4, 0.5) is 8.78 Å². The van der Waals surface area contributed by atoms with Gasteiger partial charge < -0.3 is 4.74 Å². The summed E-state index contributed by atoms with van der Waals surface area (Å²) in [5.41, 5.74) is 2.31. The number of nitrogens with zero attached hydrogens (tertiary/aromatic N) is 3. The fraction of sp³-hybridized carbons (Fsp3) is 0.150. The van der Waals surface area contributed by atoms with E-state index in [1.165, 1.54) is 17.8 Å². The second kappa shape index (κ2) is 8.60. The molecular weight excluding hydrogens is 368 g/mol. The summed E-state index contributed by atoms with van der Waals surface area (Å²) in [4.78, 5) is 8.74. The van der Waals surface area contributed by atoms with Crippen molar-refractivity contribution in [2.75, 3.05) is 0 Å². The molecule has 0 bridgehead atoms. The highest BCUT2D eigenvalue weighted by molar-refractivity contribution is 7.98. The number of thioether (sulfide) groups is 1. The van der Waals surface area contributed by atoms with Gasteiger partial charge in [0.2, 0.25) is 5.88 Å². The van der Waals surface area contributed by atoms with Crippen molar-refractivity contribution in [1.82, 2.24) is 9.97 Å². The van der Waals surface area contributed by atoms with Crippen LogP contribution in [0.5, 0.6) is 11.6 Å². The van der Waals surface area contributed by atoms with E-state index in [1.54, 1.807) is 12.1 Å². The first-order valence-corrected chi connectivity index (χ1v) is 9.18. The van der Waals surface area contributed by atoms with Gasteiger partial charge >= 0.3 is 0 Å². The molecule has 2 aromatic carbocycles. The third-order valence-corrected chi connectivity index (χ3v) is 4.55. The molecule has 0 spiro atoms. The van der Waals surface area contributed by atoms with Crippen molar-refractivity contribution >= 4 is 11.8 Å². The maximum absolute atomic E-state index is 13.8. The minimum Gasteiger partial charge on any atom is -0.436 e. The van der Waals surface area contributed by atoms with Crippen LogP contribution in [0.1, 0.15) is 23.7 Å². The van der Waals surface area contributed by atoms with E-state index in [2.05, 4.69) is 16.0 Å². The highest BCUT2D eigenvalue weighted by Gasteiger charge is 2.11. The minimum atomic E-state index is -0.797. The van der Waals surface area contributed by atoms with Crippen molar-refractivity contribution in [2.45, 2.75) is 24.3 Å². The van der Waals surface area contributed by atoms with E-state index in [9.17, 15) is 8.78 Å². The van der Waals surface area contributed by atoms with Gasteiger partial charge in [-0.3, -0.25) is 0 Å². The van der Waals surface area contributed by atoms with E-state index in [0.717, 1.165) is 23.4 Å². The molecule has 7 heteroatoms. The van der Waals surface area contributed by atoms with Crippen LogP contribution in [0.2, 0.25) is 0 Å². The third-order valence-electron chi connectivity index (χ3n) is 3.63. The predicted octanol–water partition coefficient (Wildman–Crippen LogP) is 5.27. The molecule has 0 amide bonds. The third kappa shape index (κ3) is 5.02. The summed E-state index contributed by atoms with van der Waals surface area (Å²) >= 11 is 1.39. The first kappa shape index (κ1) is 18.8. The smallest absolute Gasteiger partial charge is 0.223 e. The van der Waals surface area contributed by atoms with Crippen LogP contribution >= 0.6 is 11.8 Å². The van der Waals surface area contributed by atoms with Gasteiger partial charge in [0.05, 0.1) is 11.6 Å². The Morgan fingerprint density at radius 2 is 1.96 bits per heavy atom. The van der Waals surface area contributed by atoms with Crippen molar-refractivity contribution in [3.8, 4) is 17.7 Å². The van der Waals surface area contributed by atoms with Gasteiger partial charge in [-0.25, -0.2) is 13.8 Å². The average molecular weight is 383 g/mol. The average Bonchev–Trinajstić information content (AvgIpc) is 2.68. The van der Waals surface area contributed by atoms with E-state index in [0.29, 0.717) is 22.9 Å². The fourth-order valence-electron chi connectivity index (χ4n) is 2.30. The molecule has 0 aliphatic heterocycles. The maximum Gasteiger partial charge on any atom is 0.223 e. The molecule has 136 valence electrons. The second-order valence-electron chi connectivity index (χ2n) is 5.61. The fourth-order valence-corrected chi connectivity index (χ4v) is 3.11. The van der Waals surface area contributed by atoms with Crippen molar-refractivity contribution in [2.24, 2.45) is 0 Å². The molecule has 0 radical (unpaired) electrons. The number of ether oxygens (including phenoxy) is 1. The number of nitriles is 1. The Morgan fingerprint density at radius 3 is 2.70 bits per heavy atom. The summed E-state index contributed by atoms with van der Waals surface area (Å²) in [5.74, 6) is -0.801. The molecule has 0 unspecified atom stereocenters. The number of hydrogen-bond acceptors (Lipinski definition) is 5. The van der Waals surface area contributed by atoms with Crippen LogP contribution < -0.4 is 4.74 Å². The number of halogens is 2. The summed E-state index contributed by atoms with van der Waals surface area (Å²) in [6.07, 6.45) is 0.655. The van der Waals surface area contributed by atoms with E-state index in [4.69, 9.17) is 10.00 Å². The lowest BCUT2D eigenvalue weighted by molar-refractivity contribution is 0.417. The van der Waals surface area contributed by atoms with Crippen LogP contribution in [0.15, 0.2) is 53.7 Å². The van der Waals surface area contributed by atoms with Crippen molar-refractivity contribution < 1.29 is 13.5 Å². The summed E-state index contributed by atoms with van der Waals surface area (Å²) in [7, 11) is 0. The van der Waals surface area contributed by atoms with E-state index in [-0.39, 0.29) is 11.6 Å². The molecule has 0 aliphatic rings. The van der Waals surface area contributed by atoms with Gasteiger partial charge in [-0.2, -0.15) is 10.2 Å². The predicted molar refractivity (Wildman–Crippen MR) is 98.6 cm³/mol. The first-order valence-electron chi connectivity index (χ1n) is 8.20. The zero-order valence-electron chi connectivity index (χ0n) is 14.4. The molecule has 3 rings (SSSR count). The van der Waals surface area contributed by atoms with Crippen LogP contribution in [0, 0.1) is 23.0 Å². The van der Waals surface area contributed by atoms with Crippen LogP contribution in [-0.4, -0.2) is 9.97 Å². The minimum absolute atomic E-state index is 0.102. The van der Waals surface area contributed by atoms with Gasteiger partial charge in [0.1, 0.15) is 5.82 Å². The zero-order chi connectivity index (χ0) is 19.2. The molecule has 4 nitrogen and oxygen atoms in total. The lowest BCUT2D eigenvalue weighted by atomic mass is 10.2. The van der Waals surface area contributed by atoms with E-state index in [1.807, 2.05) is 25.1 Å². The molecule has 0 saturated heterocycles. The monoisotopic (exact) mass is 383 g/mol. The van der Waals surface area contributed by atoms with Crippen molar-refractivity contribution in [1.29, 1.82) is 5.26 Å². The molecule has 0 N–H and O–H groups in total. The van der Waals surface area contributed by atoms with Gasteiger partial charge in [-0.05, 0) is 36.2 Å². The second-order valence-corrected chi connectivity index (χ2v) is 6.55. The van der Waals surface area contributed by atoms with Crippen molar-refractivity contribution in [3.05, 3.63) is 77.0 Å². The number of aromatic nitrogens is 2. The van der Waals surface area contributed by atoms with Crippen LogP contribution in [-0.2, 0) is 12.2 Å². The van der Waals surface area contributed by atoms with Crippen LogP contribution in [0.25, 0.3) is 0 Å². The Balaban J connectivity index is 1.79. The number of benzene rings is 2. The SMILES string of the molecule is CCc1cc(Oc2ccc(F)cc2F)nc(SCc2cccc(C#N)c2)n1. The Bertz CT molecular complexity index is 1000. The Hall–Kier alpha value is -2.98. The normalized spacial score (nSPS) is 10.4. The Kier molecular flexibility index (Phi) is 5.99. The molecule has 1 aromatic heterocycles. The summed E-state index contributed by atoms with van der Waals surface area (Å²) < 4.78 is 32.3. The van der Waals surface area contributed by atoms with E-state index >= 15 is 0 Å². The summed E-state index contributed by atoms with van der Waals surface area (Å²) in [6.45, 7) is 1.94. The molecule has 0 atom stereocenters. The lowest BCUT2D eigenvalue weighted by Crippen LogP contribution is -1.98. The van der Waals surface area contributed by atoms with Gasteiger partial charge in [0.15, 0.2) is 16.7 Å².